The molecule has 0 radical (unpaired) electrons. The van der Waals surface area contributed by atoms with Gasteiger partial charge in [0.2, 0.25) is 0 Å². The third kappa shape index (κ3) is 3.57. The zero-order valence-corrected chi connectivity index (χ0v) is 12.5. The molecule has 2 aromatic rings. The minimum atomic E-state index is 0.297. The molecule has 0 fully saturated rings. The first-order valence-electron chi connectivity index (χ1n) is 6.08. The van der Waals surface area contributed by atoms with E-state index in [1.165, 1.54) is 9.75 Å². The van der Waals surface area contributed by atoms with Crippen molar-refractivity contribution in [1.82, 2.24) is 5.32 Å². The van der Waals surface area contributed by atoms with Gasteiger partial charge in [-0.25, -0.2) is 0 Å². The Balaban J connectivity index is 2.01. The third-order valence-electron chi connectivity index (χ3n) is 2.97. The van der Waals surface area contributed by atoms with Gasteiger partial charge >= 0.3 is 0 Å². The molecule has 1 unspecified atom stereocenters. The van der Waals surface area contributed by atoms with Gasteiger partial charge in [0.05, 0.1) is 11.6 Å². The van der Waals surface area contributed by atoms with E-state index in [1.54, 1.807) is 23.5 Å². The van der Waals surface area contributed by atoms with E-state index in [2.05, 4.69) is 37.4 Å². The van der Waals surface area contributed by atoms with Gasteiger partial charge in [-0.1, -0.05) is 17.7 Å². The van der Waals surface area contributed by atoms with Crippen LogP contribution >= 0.6 is 22.9 Å². The van der Waals surface area contributed by atoms with Gasteiger partial charge in [0.1, 0.15) is 0 Å². The van der Waals surface area contributed by atoms with Crippen LogP contribution in [-0.2, 0) is 6.54 Å². The number of thiophene rings is 1. The summed E-state index contributed by atoms with van der Waals surface area (Å²) in [5.41, 5.74) is 1.61. The molecule has 2 rings (SSSR count). The van der Waals surface area contributed by atoms with Gasteiger partial charge in [-0.05, 0) is 43.7 Å². The van der Waals surface area contributed by atoms with Crippen LogP contribution in [0.15, 0.2) is 30.3 Å². The lowest BCUT2D eigenvalue weighted by molar-refractivity contribution is 0.583. The van der Waals surface area contributed by atoms with E-state index in [-0.39, 0.29) is 0 Å². The summed E-state index contributed by atoms with van der Waals surface area (Å²) in [4.78, 5) is 2.64. The molecule has 0 bridgehead atoms. The highest BCUT2D eigenvalue weighted by atomic mass is 35.5. The molecule has 4 heteroatoms. The topological polar surface area (TPSA) is 35.8 Å². The Morgan fingerprint density at radius 2 is 2.16 bits per heavy atom. The second-order valence-corrected chi connectivity index (χ2v) is 6.20. The van der Waals surface area contributed by atoms with Gasteiger partial charge in [-0.3, -0.25) is 0 Å². The van der Waals surface area contributed by atoms with E-state index >= 15 is 0 Å². The Kier molecular flexibility index (Phi) is 4.60. The first-order valence-corrected chi connectivity index (χ1v) is 7.28. The number of benzene rings is 1. The van der Waals surface area contributed by atoms with E-state index in [1.807, 2.05) is 6.07 Å². The molecule has 1 heterocycles. The van der Waals surface area contributed by atoms with Crippen molar-refractivity contribution < 1.29 is 0 Å². The monoisotopic (exact) mass is 290 g/mol. The summed E-state index contributed by atoms with van der Waals surface area (Å²) in [7, 11) is 0. The van der Waals surface area contributed by atoms with E-state index in [4.69, 9.17) is 16.9 Å². The van der Waals surface area contributed by atoms with Crippen molar-refractivity contribution in [2.45, 2.75) is 26.4 Å². The van der Waals surface area contributed by atoms with E-state index in [9.17, 15) is 0 Å². The molecule has 1 atom stereocenters. The van der Waals surface area contributed by atoms with Gasteiger partial charge in [-0.15, -0.1) is 11.3 Å². The van der Waals surface area contributed by atoms with Gasteiger partial charge in [0.15, 0.2) is 0 Å². The lowest BCUT2D eigenvalue weighted by atomic mass is 10.1. The molecule has 0 aliphatic carbocycles. The molecule has 98 valence electrons. The molecule has 0 aliphatic heterocycles. The quantitative estimate of drug-likeness (QED) is 0.904. The summed E-state index contributed by atoms with van der Waals surface area (Å²) in [6, 6.07) is 12.1. The smallest absolute Gasteiger partial charge is 0.0992 e. The van der Waals surface area contributed by atoms with Crippen LogP contribution in [0, 0.1) is 18.3 Å². The van der Waals surface area contributed by atoms with Crippen molar-refractivity contribution >= 4 is 22.9 Å². The van der Waals surface area contributed by atoms with Crippen LogP contribution in [0.25, 0.3) is 0 Å². The van der Waals surface area contributed by atoms with Gasteiger partial charge in [0.25, 0.3) is 0 Å². The molecule has 0 amide bonds. The number of aryl methyl sites for hydroxylation is 1. The molecule has 0 saturated carbocycles. The average molecular weight is 291 g/mol. The third-order valence-corrected chi connectivity index (χ3v) is 4.50. The summed E-state index contributed by atoms with van der Waals surface area (Å²) < 4.78 is 0. The number of hydrogen-bond donors (Lipinski definition) is 1. The zero-order chi connectivity index (χ0) is 13.8. The van der Waals surface area contributed by atoms with Crippen LogP contribution in [-0.4, -0.2) is 0 Å². The number of nitriles is 1. The predicted octanol–water partition coefficient (Wildman–Crippen LogP) is 4.43. The van der Waals surface area contributed by atoms with E-state index in [0.717, 1.165) is 5.56 Å². The minimum Gasteiger partial charge on any atom is -0.305 e. The number of rotatable bonds is 4. The fourth-order valence-electron chi connectivity index (χ4n) is 1.81. The molecule has 2 nitrogen and oxygen atoms in total. The normalized spacial score (nSPS) is 12.1. The van der Waals surface area contributed by atoms with Crippen molar-refractivity contribution in [1.29, 1.82) is 5.26 Å². The Morgan fingerprint density at radius 1 is 1.37 bits per heavy atom. The number of halogens is 1. The largest absolute Gasteiger partial charge is 0.305 e. The molecule has 1 aromatic heterocycles. The Hall–Kier alpha value is -1.34. The Morgan fingerprint density at radius 3 is 2.74 bits per heavy atom. The van der Waals surface area contributed by atoms with E-state index in [0.29, 0.717) is 23.2 Å². The molecular weight excluding hydrogens is 276 g/mol. The lowest BCUT2D eigenvalue weighted by Crippen LogP contribution is -2.17. The zero-order valence-electron chi connectivity index (χ0n) is 10.9. The summed E-state index contributed by atoms with van der Waals surface area (Å²) in [6.07, 6.45) is 0. The number of nitrogens with zero attached hydrogens (tertiary/aromatic N) is 1. The second-order valence-electron chi connectivity index (χ2n) is 4.47. The fraction of sp³-hybridized carbons (Fsp3) is 0.267. The Labute approximate surface area is 122 Å². The van der Waals surface area contributed by atoms with Crippen LogP contribution < -0.4 is 5.32 Å². The molecule has 0 aliphatic rings. The molecule has 0 spiro atoms. The molecular formula is C15H15ClN2S. The minimum absolute atomic E-state index is 0.297. The van der Waals surface area contributed by atoms with Crippen LogP contribution in [0.1, 0.15) is 33.8 Å². The van der Waals surface area contributed by atoms with Crippen molar-refractivity contribution in [3.8, 4) is 6.07 Å². The number of hydrogen-bond acceptors (Lipinski definition) is 3. The van der Waals surface area contributed by atoms with Crippen molar-refractivity contribution in [2.24, 2.45) is 0 Å². The maximum atomic E-state index is 8.80. The van der Waals surface area contributed by atoms with Gasteiger partial charge in [0, 0.05) is 27.4 Å². The molecule has 0 saturated heterocycles. The summed E-state index contributed by atoms with van der Waals surface area (Å²) in [5.74, 6) is 0. The van der Waals surface area contributed by atoms with Crippen LogP contribution in [0.4, 0.5) is 0 Å². The van der Waals surface area contributed by atoms with Crippen LogP contribution in [0.2, 0.25) is 5.02 Å². The predicted molar refractivity (Wildman–Crippen MR) is 80.5 cm³/mol. The fourth-order valence-corrected chi connectivity index (χ4v) is 2.96. The SMILES string of the molecule is Cc1ccc(C(C)NCc2ccc(C#N)cc2Cl)s1. The highest BCUT2D eigenvalue weighted by Crippen LogP contribution is 2.23. The molecule has 19 heavy (non-hydrogen) atoms. The maximum absolute atomic E-state index is 8.80. The molecule has 1 N–H and O–H groups in total. The molecule has 1 aromatic carbocycles. The standard InChI is InChI=1S/C15H15ClN2S/c1-10-3-6-15(19-10)11(2)18-9-13-5-4-12(8-17)7-14(13)16/h3-7,11,18H,9H2,1-2H3. The number of nitrogens with one attached hydrogen (secondary N) is 1. The average Bonchev–Trinajstić information content (AvgIpc) is 2.83. The van der Waals surface area contributed by atoms with Crippen LogP contribution in [0.5, 0.6) is 0 Å². The second kappa shape index (κ2) is 6.21. The van der Waals surface area contributed by atoms with Crippen molar-refractivity contribution in [2.75, 3.05) is 0 Å². The van der Waals surface area contributed by atoms with Gasteiger partial charge in [-0.2, -0.15) is 5.26 Å². The maximum Gasteiger partial charge on any atom is 0.0992 e. The van der Waals surface area contributed by atoms with Gasteiger partial charge < -0.3 is 5.32 Å². The van der Waals surface area contributed by atoms with E-state index < -0.39 is 0 Å². The summed E-state index contributed by atoms with van der Waals surface area (Å²) >= 11 is 7.96. The first kappa shape index (κ1) is 14.1. The highest BCUT2D eigenvalue weighted by molar-refractivity contribution is 7.12. The van der Waals surface area contributed by atoms with Crippen molar-refractivity contribution in [3.05, 3.63) is 56.2 Å². The lowest BCUT2D eigenvalue weighted by Gasteiger charge is -2.13. The summed E-state index contributed by atoms with van der Waals surface area (Å²) in [5, 5.41) is 12.9. The summed E-state index contributed by atoms with van der Waals surface area (Å²) in [6.45, 7) is 4.95. The Bertz CT molecular complexity index is 613. The highest BCUT2D eigenvalue weighted by Gasteiger charge is 2.08. The van der Waals surface area contributed by atoms with Crippen molar-refractivity contribution in [3.63, 3.8) is 0 Å². The van der Waals surface area contributed by atoms with Crippen LogP contribution in [0.3, 0.4) is 0 Å². The first-order chi connectivity index (χ1) is 9.10.